The van der Waals surface area contributed by atoms with Crippen molar-refractivity contribution in [3.8, 4) is 0 Å². The fraction of sp³-hybridized carbons (Fsp3) is 0.667. The molecule has 1 heterocycles. The molecule has 134 valence electrons. The van der Waals surface area contributed by atoms with E-state index in [2.05, 4.69) is 12.2 Å². The number of carbonyl (C=O) groups is 2. The Hall–Kier alpha value is -1.71. The Morgan fingerprint density at radius 2 is 1.80 bits per heavy atom. The number of hydrogen-bond donors (Lipinski definition) is 1. The highest BCUT2D eigenvalue weighted by Gasteiger charge is 2.53. The van der Waals surface area contributed by atoms with Gasteiger partial charge in [-0.1, -0.05) is 0 Å². The lowest BCUT2D eigenvalue weighted by molar-refractivity contribution is -0.684. The molecule has 4 aliphatic carbocycles. The SMILES string of the molecule is CC(=O)c1ccc[n+](CC(=O)N[C@H](C)C23CC4CC(CC(C4)C2)C3)c1. The second-order valence-corrected chi connectivity index (χ2v) is 8.89. The molecule has 5 rings (SSSR count). The fourth-order valence-corrected chi connectivity index (χ4v) is 6.14. The van der Waals surface area contributed by atoms with Crippen molar-refractivity contribution in [3.05, 3.63) is 30.1 Å². The number of hydrogen-bond acceptors (Lipinski definition) is 2. The fourth-order valence-electron chi connectivity index (χ4n) is 6.14. The molecule has 4 fully saturated rings. The molecule has 4 bridgehead atoms. The van der Waals surface area contributed by atoms with Gasteiger partial charge >= 0.3 is 0 Å². The summed E-state index contributed by atoms with van der Waals surface area (Å²) >= 11 is 0. The molecule has 4 aliphatic rings. The van der Waals surface area contributed by atoms with Gasteiger partial charge in [-0.2, -0.15) is 4.57 Å². The van der Waals surface area contributed by atoms with Crippen LogP contribution >= 0.6 is 0 Å². The largest absolute Gasteiger partial charge is 0.348 e. The average molecular weight is 341 g/mol. The molecule has 0 unspecified atom stereocenters. The van der Waals surface area contributed by atoms with Gasteiger partial charge in [0.25, 0.3) is 5.91 Å². The maximum Gasteiger partial charge on any atom is 0.286 e. The van der Waals surface area contributed by atoms with E-state index in [0.717, 1.165) is 17.8 Å². The Morgan fingerprint density at radius 1 is 1.20 bits per heavy atom. The molecule has 0 saturated heterocycles. The zero-order chi connectivity index (χ0) is 17.6. The molecule has 25 heavy (non-hydrogen) atoms. The number of Topliss-reactive ketones (excluding diaryl/α,β-unsaturated/α-hetero) is 1. The van der Waals surface area contributed by atoms with Crippen molar-refractivity contribution in [2.24, 2.45) is 23.2 Å². The zero-order valence-electron chi connectivity index (χ0n) is 15.3. The number of pyridine rings is 1. The van der Waals surface area contributed by atoms with Crippen molar-refractivity contribution in [1.29, 1.82) is 0 Å². The topological polar surface area (TPSA) is 50.0 Å². The van der Waals surface area contributed by atoms with Crippen molar-refractivity contribution >= 4 is 11.7 Å². The van der Waals surface area contributed by atoms with E-state index in [1.54, 1.807) is 23.8 Å². The molecule has 1 N–H and O–H groups in total. The van der Waals surface area contributed by atoms with Crippen LogP contribution in [0.3, 0.4) is 0 Å². The molecule has 0 spiro atoms. The summed E-state index contributed by atoms with van der Waals surface area (Å²) < 4.78 is 1.80. The number of ketones is 1. The van der Waals surface area contributed by atoms with Crippen LogP contribution in [0, 0.1) is 23.2 Å². The second kappa shape index (κ2) is 6.22. The third-order valence-electron chi connectivity index (χ3n) is 6.97. The van der Waals surface area contributed by atoms with E-state index in [-0.39, 0.29) is 24.3 Å². The van der Waals surface area contributed by atoms with Crippen LogP contribution in [0.5, 0.6) is 0 Å². The summed E-state index contributed by atoms with van der Waals surface area (Å²) in [5, 5.41) is 3.29. The van der Waals surface area contributed by atoms with E-state index in [0.29, 0.717) is 11.0 Å². The Balaban J connectivity index is 1.41. The molecular weight excluding hydrogens is 312 g/mol. The molecule has 1 amide bonds. The number of amides is 1. The van der Waals surface area contributed by atoms with Gasteiger partial charge in [0.1, 0.15) is 0 Å². The zero-order valence-corrected chi connectivity index (χ0v) is 15.3. The minimum atomic E-state index is 0.0247. The van der Waals surface area contributed by atoms with E-state index in [9.17, 15) is 9.59 Å². The number of nitrogens with one attached hydrogen (secondary N) is 1. The molecule has 4 heteroatoms. The van der Waals surface area contributed by atoms with E-state index in [1.165, 1.54) is 38.5 Å². The van der Waals surface area contributed by atoms with Crippen molar-refractivity contribution in [2.45, 2.75) is 65.0 Å². The molecule has 4 saturated carbocycles. The first-order valence-corrected chi connectivity index (χ1v) is 9.73. The third kappa shape index (κ3) is 3.23. The van der Waals surface area contributed by atoms with Gasteiger partial charge in [-0.3, -0.25) is 9.59 Å². The highest BCUT2D eigenvalue weighted by Crippen LogP contribution is 2.61. The first kappa shape index (κ1) is 16.7. The van der Waals surface area contributed by atoms with Crippen LogP contribution in [0.4, 0.5) is 0 Å². The van der Waals surface area contributed by atoms with Gasteiger partial charge < -0.3 is 5.32 Å². The van der Waals surface area contributed by atoms with Gasteiger partial charge in [0.2, 0.25) is 6.54 Å². The normalized spacial score (nSPS) is 33.9. The van der Waals surface area contributed by atoms with Crippen molar-refractivity contribution in [3.63, 3.8) is 0 Å². The summed E-state index contributed by atoms with van der Waals surface area (Å²) in [4.78, 5) is 24.1. The van der Waals surface area contributed by atoms with Crippen LogP contribution in [0.1, 0.15) is 62.7 Å². The van der Waals surface area contributed by atoms with E-state index in [1.807, 2.05) is 12.3 Å². The van der Waals surface area contributed by atoms with Crippen LogP contribution in [0.25, 0.3) is 0 Å². The number of rotatable bonds is 5. The molecular formula is C21H29N2O2+. The molecule has 1 aromatic heterocycles. The Bertz CT molecular complexity index is 662. The van der Waals surface area contributed by atoms with E-state index in [4.69, 9.17) is 0 Å². The van der Waals surface area contributed by atoms with Gasteiger partial charge in [0.15, 0.2) is 18.2 Å². The monoisotopic (exact) mass is 341 g/mol. The molecule has 1 atom stereocenters. The molecule has 0 aliphatic heterocycles. The van der Waals surface area contributed by atoms with Gasteiger partial charge in [-0.15, -0.1) is 0 Å². The Labute approximate surface area is 150 Å². The minimum absolute atomic E-state index is 0.0247. The van der Waals surface area contributed by atoms with Crippen LogP contribution in [0.15, 0.2) is 24.5 Å². The highest BCUT2D eigenvalue weighted by molar-refractivity contribution is 5.93. The summed E-state index contributed by atoms with van der Waals surface area (Å²) in [6.07, 6.45) is 11.8. The summed E-state index contributed by atoms with van der Waals surface area (Å²) in [6.45, 7) is 4.04. The first-order valence-electron chi connectivity index (χ1n) is 9.73. The van der Waals surface area contributed by atoms with Crippen molar-refractivity contribution in [1.82, 2.24) is 5.32 Å². The van der Waals surface area contributed by atoms with Crippen molar-refractivity contribution in [2.75, 3.05) is 0 Å². The first-order chi connectivity index (χ1) is 11.9. The number of aromatic nitrogens is 1. The van der Waals surface area contributed by atoms with Crippen LogP contribution < -0.4 is 9.88 Å². The maximum absolute atomic E-state index is 12.6. The quantitative estimate of drug-likeness (QED) is 0.661. The summed E-state index contributed by atoms with van der Waals surface area (Å²) in [5.41, 5.74) is 0.973. The summed E-state index contributed by atoms with van der Waals surface area (Å²) in [5.74, 6) is 2.76. The van der Waals surface area contributed by atoms with Gasteiger partial charge in [-0.25, -0.2) is 0 Å². The lowest BCUT2D eigenvalue weighted by Crippen LogP contribution is -2.57. The standard InChI is InChI=1S/C21H28N2O2/c1-14(24)19-4-3-5-23(12-19)13-20(25)22-15(2)21-9-16-6-17(10-21)8-18(7-16)11-21/h3-5,12,15-18H,6-11,13H2,1-2H3/p+1/t15-,16?,17?,18?,21?/m1/s1. The number of nitrogens with zero attached hydrogens (tertiary/aromatic N) is 1. The summed E-state index contributed by atoms with van der Waals surface area (Å²) in [6, 6.07) is 3.85. The lowest BCUT2D eigenvalue weighted by atomic mass is 9.48. The predicted molar refractivity (Wildman–Crippen MR) is 94.9 cm³/mol. The number of carbonyl (C=O) groups excluding carboxylic acids is 2. The predicted octanol–water partition coefficient (Wildman–Crippen LogP) is 2.90. The highest BCUT2D eigenvalue weighted by atomic mass is 16.2. The van der Waals surface area contributed by atoms with Gasteiger partial charge in [-0.05, 0) is 81.6 Å². The van der Waals surface area contributed by atoms with E-state index < -0.39 is 0 Å². The van der Waals surface area contributed by atoms with Gasteiger partial charge in [0, 0.05) is 12.1 Å². The van der Waals surface area contributed by atoms with Gasteiger partial charge in [0.05, 0.1) is 5.56 Å². The Morgan fingerprint density at radius 3 is 2.36 bits per heavy atom. The smallest absolute Gasteiger partial charge is 0.286 e. The molecule has 4 nitrogen and oxygen atoms in total. The summed E-state index contributed by atoms with van der Waals surface area (Å²) in [7, 11) is 0. The van der Waals surface area contributed by atoms with Crippen LogP contribution in [0.2, 0.25) is 0 Å². The van der Waals surface area contributed by atoms with Crippen LogP contribution in [-0.2, 0) is 11.3 Å². The average Bonchev–Trinajstić information content (AvgIpc) is 2.53. The Kier molecular flexibility index (Phi) is 4.17. The molecule has 0 radical (unpaired) electrons. The minimum Gasteiger partial charge on any atom is -0.348 e. The molecule has 0 aromatic carbocycles. The maximum atomic E-state index is 12.6. The van der Waals surface area contributed by atoms with Crippen molar-refractivity contribution < 1.29 is 14.2 Å². The third-order valence-corrected chi connectivity index (χ3v) is 6.97. The molecule has 1 aromatic rings. The second-order valence-electron chi connectivity index (χ2n) is 8.89. The lowest BCUT2D eigenvalue weighted by Gasteiger charge is -2.59. The van der Waals surface area contributed by atoms with E-state index >= 15 is 0 Å². The van der Waals surface area contributed by atoms with Crippen LogP contribution in [-0.4, -0.2) is 17.7 Å².